The molecule has 7 aliphatic rings. The Morgan fingerprint density at radius 2 is 1.38 bits per heavy atom. The van der Waals surface area contributed by atoms with E-state index in [1.807, 2.05) is 13.8 Å². The molecule has 0 spiro atoms. The second-order valence-electron chi connectivity index (χ2n) is 26.6. The van der Waals surface area contributed by atoms with Crippen LogP contribution in [0.3, 0.4) is 0 Å². The highest BCUT2D eigenvalue weighted by atomic mass is 35.5. The van der Waals surface area contributed by atoms with E-state index in [0.29, 0.717) is 12.8 Å². The number of aromatic hydroxyl groups is 3. The van der Waals surface area contributed by atoms with Gasteiger partial charge in [0, 0.05) is 59.9 Å². The molecule has 5 aromatic rings. The van der Waals surface area contributed by atoms with E-state index in [9.17, 15) is 75.0 Å². The van der Waals surface area contributed by atoms with Gasteiger partial charge in [-0.1, -0.05) is 62.2 Å². The third-order valence-corrected chi connectivity index (χ3v) is 19.2. The molecule has 0 saturated carbocycles. The van der Waals surface area contributed by atoms with Crippen LogP contribution in [0.5, 0.6) is 46.0 Å². The van der Waals surface area contributed by atoms with Crippen molar-refractivity contribution in [2.24, 2.45) is 29.2 Å². The van der Waals surface area contributed by atoms with Crippen molar-refractivity contribution in [3.8, 4) is 57.1 Å². The number of aliphatic hydroxyl groups excluding tert-OH is 6. The summed E-state index contributed by atoms with van der Waals surface area (Å²) in [5.41, 5.74) is 8.53. The fraction of sp³-hybridized carbons (Fsp3) is 0.449. The van der Waals surface area contributed by atoms with Gasteiger partial charge in [0.25, 0.3) is 0 Å². The fourth-order valence-corrected chi connectivity index (χ4v) is 13.7. The Morgan fingerprint density at radius 1 is 0.743 bits per heavy atom. The molecule has 2 fully saturated rings. The molecule has 11 bridgehead atoms. The Labute approximate surface area is 586 Å². The van der Waals surface area contributed by atoms with Crippen LogP contribution in [0.15, 0.2) is 78.9 Å². The number of ether oxygens (including phenoxy) is 6. The molecule has 7 heterocycles. The SMILES string of the molecule is CC[C@H](CC(C)C)C(=O)N[C@H]1C(=O)C[C@@H](CC(N)=O)C(=O)N[C@H]2C(=O)C[C@H]3C(=O)N[C@H](C(=O)N[C@H](C(=O)O)c4cc(O)cc(O)c4-c4cc3ccc4O)[C@H](O)c3ccc(c(Cl)c3)Oc3cc2cc(c3OC2OC(CO)C(O)C(O)C2OC2CC(C)(N)C(O)C(C)O2)Oc2ccc(cc2Cl)[C@H]1O. The highest BCUT2D eigenvalue weighted by Gasteiger charge is 2.51. The van der Waals surface area contributed by atoms with Crippen LogP contribution in [-0.4, -0.2) is 172 Å². The van der Waals surface area contributed by atoms with Crippen molar-refractivity contribution in [3.63, 3.8) is 0 Å². The van der Waals surface area contributed by atoms with Gasteiger partial charge in [0.05, 0.1) is 40.7 Å². The maximum atomic E-state index is 16.2. The number of aliphatic carboxylic acids is 1. The van der Waals surface area contributed by atoms with Crippen molar-refractivity contribution >= 4 is 70.3 Å². The summed E-state index contributed by atoms with van der Waals surface area (Å²) in [4.78, 5) is 117. The fourth-order valence-electron chi connectivity index (χ4n) is 13.2. The van der Waals surface area contributed by atoms with Gasteiger partial charge in [-0.2, -0.15) is 0 Å². The van der Waals surface area contributed by atoms with Gasteiger partial charge in [-0.3, -0.25) is 33.6 Å². The van der Waals surface area contributed by atoms with Crippen LogP contribution in [0.2, 0.25) is 10.0 Å². The number of nitrogens with one attached hydrogen (secondary N) is 4. The lowest BCUT2D eigenvalue weighted by molar-refractivity contribution is -0.333. The summed E-state index contributed by atoms with van der Waals surface area (Å²) in [6.07, 6.45) is -19.8. The lowest BCUT2D eigenvalue weighted by Gasteiger charge is -2.47. The predicted molar refractivity (Wildman–Crippen MR) is 353 cm³/mol. The number of phenols is 3. The molecule has 2 saturated heterocycles. The molecule has 5 aromatic carbocycles. The number of hydrogen-bond donors (Lipinski definition) is 16. The predicted octanol–water partition coefficient (Wildman–Crippen LogP) is 3.52. The van der Waals surface area contributed by atoms with Gasteiger partial charge in [-0.05, 0) is 109 Å². The molecule has 32 heteroatoms. The van der Waals surface area contributed by atoms with Crippen LogP contribution in [0.25, 0.3) is 11.1 Å². The Kier molecular flexibility index (Phi) is 22.6. The minimum absolute atomic E-state index is 0.0143. The van der Waals surface area contributed by atoms with Gasteiger partial charge in [-0.15, -0.1) is 0 Å². The molecule has 18 N–H and O–H groups in total. The molecule has 5 amide bonds. The molecular formula is C69H78Cl2N6O24. The van der Waals surface area contributed by atoms with Crippen LogP contribution in [0.4, 0.5) is 0 Å². The van der Waals surface area contributed by atoms with Crippen LogP contribution in [-0.2, 0) is 52.6 Å². The molecule has 7 aliphatic heterocycles. The topological polar surface area (TPSA) is 494 Å². The average Bonchev–Trinajstić information content (AvgIpc) is 0.775. The van der Waals surface area contributed by atoms with E-state index < -0.39 is 238 Å². The summed E-state index contributed by atoms with van der Waals surface area (Å²) in [5, 5.41) is 123. The lowest BCUT2D eigenvalue weighted by Crippen LogP contribution is -2.64. The number of amides is 5. The number of fused-ring (bicyclic) bond motifs is 15. The smallest absolute Gasteiger partial charge is 0.330 e. The largest absolute Gasteiger partial charge is 0.508 e. The highest BCUT2D eigenvalue weighted by molar-refractivity contribution is 6.32. The molecule has 0 radical (unpaired) electrons. The minimum Gasteiger partial charge on any atom is -0.508 e. The van der Waals surface area contributed by atoms with Gasteiger partial charge in [0.1, 0.15) is 77.4 Å². The monoisotopic (exact) mass is 1440 g/mol. The third kappa shape index (κ3) is 16.0. The number of carbonyl (C=O) groups excluding carboxylic acids is 7. The van der Waals surface area contributed by atoms with Crippen LogP contribution in [0.1, 0.15) is 131 Å². The second kappa shape index (κ2) is 30.4. The van der Waals surface area contributed by atoms with Gasteiger partial charge < -0.3 is 112 Å². The lowest BCUT2D eigenvalue weighted by atomic mass is 9.84. The molecule has 0 aliphatic carbocycles. The van der Waals surface area contributed by atoms with Crippen molar-refractivity contribution in [2.45, 2.75) is 170 Å². The van der Waals surface area contributed by atoms with Crippen LogP contribution in [0, 0.1) is 17.8 Å². The van der Waals surface area contributed by atoms with Gasteiger partial charge in [0.15, 0.2) is 41.5 Å². The second-order valence-corrected chi connectivity index (χ2v) is 27.4. The highest BCUT2D eigenvalue weighted by Crippen LogP contribution is 2.50. The molecule has 18 atom stereocenters. The number of nitrogens with two attached hydrogens (primary N) is 2. The molecule has 12 rings (SSSR count). The van der Waals surface area contributed by atoms with Crippen molar-refractivity contribution in [3.05, 3.63) is 117 Å². The maximum absolute atomic E-state index is 16.2. The average molecular weight is 1450 g/mol. The van der Waals surface area contributed by atoms with E-state index in [0.717, 1.165) is 54.6 Å². The number of carboxylic acid groups (broad SMARTS) is 1. The first-order valence-electron chi connectivity index (χ1n) is 32.4. The number of phenolic OH excluding ortho intramolecular Hbond substituents is 3. The van der Waals surface area contributed by atoms with Crippen LogP contribution >= 0.6 is 23.2 Å². The molecule has 30 nitrogen and oxygen atoms in total. The first kappa shape index (κ1) is 74.9. The third-order valence-electron chi connectivity index (χ3n) is 18.6. The minimum atomic E-state index is -2.24. The van der Waals surface area contributed by atoms with Gasteiger partial charge in [-0.25, -0.2) is 4.79 Å². The van der Waals surface area contributed by atoms with Crippen LogP contribution < -0.4 is 46.9 Å². The Balaban J connectivity index is 1.24. The quantitative estimate of drug-likeness (QED) is 0.0801. The van der Waals surface area contributed by atoms with E-state index in [4.69, 9.17) is 63.1 Å². The van der Waals surface area contributed by atoms with E-state index >= 15 is 14.4 Å². The van der Waals surface area contributed by atoms with Crippen molar-refractivity contribution in [2.75, 3.05) is 6.61 Å². The zero-order valence-corrected chi connectivity index (χ0v) is 56.5. The summed E-state index contributed by atoms with van der Waals surface area (Å²) < 4.78 is 38.5. The summed E-state index contributed by atoms with van der Waals surface area (Å²) in [7, 11) is 0. The number of rotatable bonds is 13. The van der Waals surface area contributed by atoms with Gasteiger partial charge >= 0.3 is 5.97 Å². The van der Waals surface area contributed by atoms with E-state index in [1.54, 1.807) is 6.92 Å². The normalized spacial score (nSPS) is 29.6. The standard InChI is InChI=1S/C69H78Cl2N6O24/c1-6-28(13-26(2)3)63(90)76-54-42(82)17-33(20-49(72)84)64(91)74-52-32-18-46(97-44-11-8-30(56(54)85)15-38(44)70)60(101-68-61(59(88)58(87)48(25-78)99-68)100-50-24-69(5,73)62(89)27(4)96-50)47(19-32)98-45-12-9-31(16-39(45)71)57(86)55-66(93)75-53(67(94)95)37-21-34(79)22-41(81)51(37)36-14-29(7-10-40(36)80)35(23-43(52)83)65(92)77-55/h7-12,14-16,18-19,21-22,26-28,33,35,48,50,52-59,61-62,68,78-81,85-89H,6,13,17,20,23-25,73H2,1-5H3,(H2,72,84)(H,74,91)(H,75,93)(H,76,90)(H,77,92)(H,94,95)/t27?,28-,33+,35-,48?,50?,52-,53+,54+,55+,56-,57-,58?,59?,61?,62?,68?,69?/m1/s1. The number of hydrogen-bond acceptors (Lipinski definition) is 24. The molecule has 0 aromatic heterocycles. The number of ketones is 2. The zero-order chi connectivity index (χ0) is 73.5. The van der Waals surface area contributed by atoms with E-state index in [-0.39, 0.29) is 51.1 Å². The molecule has 542 valence electrons. The molecule has 101 heavy (non-hydrogen) atoms. The van der Waals surface area contributed by atoms with E-state index in [2.05, 4.69) is 21.3 Å². The number of halogens is 2. The number of benzene rings is 5. The Morgan fingerprint density at radius 3 is 1.96 bits per heavy atom. The maximum Gasteiger partial charge on any atom is 0.330 e. The van der Waals surface area contributed by atoms with Gasteiger partial charge in [0.2, 0.25) is 41.6 Å². The summed E-state index contributed by atoms with van der Waals surface area (Å²) >= 11 is 14.2. The summed E-state index contributed by atoms with van der Waals surface area (Å²) in [6.45, 7) is 7.55. The zero-order valence-electron chi connectivity index (χ0n) is 54.9. The van der Waals surface area contributed by atoms with Crippen molar-refractivity contribution in [1.29, 1.82) is 0 Å². The number of carboxylic acids is 1. The number of Topliss-reactive ketones (excluding diaryl/α,β-unsaturated/α-hetero) is 2. The van der Waals surface area contributed by atoms with Crippen molar-refractivity contribution in [1.82, 2.24) is 21.3 Å². The Bertz CT molecular complexity index is 4060. The summed E-state index contributed by atoms with van der Waals surface area (Å²) in [5.74, 6) is -18.9. The number of primary amides is 1. The number of carbonyl (C=O) groups is 8. The van der Waals surface area contributed by atoms with Crippen molar-refractivity contribution < 1.29 is 118 Å². The molecular weight excluding hydrogens is 1370 g/mol. The van der Waals surface area contributed by atoms with E-state index in [1.165, 1.54) is 38.1 Å². The summed E-state index contributed by atoms with van der Waals surface area (Å²) in [6, 6.07) is 5.66. The molecule has 9 unspecified atom stereocenters. The number of aliphatic hydroxyl groups is 6. The first-order chi connectivity index (χ1) is 47.7. The Hall–Kier alpha value is -8.76. The first-order valence-corrected chi connectivity index (χ1v) is 33.2.